The van der Waals surface area contributed by atoms with E-state index in [2.05, 4.69) is 21.2 Å². The lowest BCUT2D eigenvalue weighted by atomic mass is 10.1. The lowest BCUT2D eigenvalue weighted by Gasteiger charge is -2.11. The number of urea groups is 1. The van der Waals surface area contributed by atoms with Crippen LogP contribution in [0.4, 0.5) is 4.79 Å². The quantitative estimate of drug-likeness (QED) is 0.615. The van der Waals surface area contributed by atoms with Crippen molar-refractivity contribution in [3.63, 3.8) is 0 Å². The normalized spacial score (nSPS) is 10.5. The van der Waals surface area contributed by atoms with Gasteiger partial charge in [0.05, 0.1) is 21.7 Å². The number of aryl methyl sites for hydroxylation is 1. The zero-order valence-corrected chi connectivity index (χ0v) is 15.4. The van der Waals surface area contributed by atoms with Crippen LogP contribution in [0.2, 0.25) is 0 Å². The standard InChI is InChI=1S/C19H20N4O2S/c1-3-10-20-19(25)23-22-18(24)14-11-16(17-9-8-12(2)26-17)21-15-7-5-4-6-13(14)15/h4-9,11H,3,10H2,1-2H3,(H,22,24)(H2,20,23,25). The number of thiophene rings is 1. The molecule has 0 unspecified atom stereocenters. The monoisotopic (exact) mass is 368 g/mol. The first-order valence-electron chi connectivity index (χ1n) is 8.39. The fourth-order valence-electron chi connectivity index (χ4n) is 2.53. The molecule has 0 aliphatic heterocycles. The maximum atomic E-state index is 12.6. The number of para-hydroxylation sites is 1. The number of nitrogens with zero attached hydrogens (tertiary/aromatic N) is 1. The summed E-state index contributed by atoms with van der Waals surface area (Å²) in [6.45, 7) is 4.53. The van der Waals surface area contributed by atoms with Gasteiger partial charge in [-0.15, -0.1) is 11.3 Å². The van der Waals surface area contributed by atoms with E-state index in [1.807, 2.05) is 50.2 Å². The van der Waals surface area contributed by atoms with Crippen LogP contribution in [-0.2, 0) is 0 Å². The summed E-state index contributed by atoms with van der Waals surface area (Å²) in [5.41, 5.74) is 6.77. The highest BCUT2D eigenvalue weighted by molar-refractivity contribution is 7.15. The van der Waals surface area contributed by atoms with Crippen molar-refractivity contribution >= 4 is 34.2 Å². The molecule has 134 valence electrons. The zero-order valence-electron chi connectivity index (χ0n) is 14.6. The van der Waals surface area contributed by atoms with Crippen molar-refractivity contribution in [1.29, 1.82) is 0 Å². The van der Waals surface area contributed by atoms with E-state index in [-0.39, 0.29) is 5.91 Å². The van der Waals surface area contributed by atoms with Gasteiger partial charge in [0, 0.05) is 16.8 Å². The van der Waals surface area contributed by atoms with Gasteiger partial charge >= 0.3 is 6.03 Å². The molecule has 0 aliphatic rings. The van der Waals surface area contributed by atoms with Crippen molar-refractivity contribution in [2.24, 2.45) is 0 Å². The van der Waals surface area contributed by atoms with E-state index in [0.717, 1.165) is 27.9 Å². The molecule has 0 bridgehead atoms. The molecule has 3 aromatic rings. The Bertz CT molecular complexity index is 952. The minimum absolute atomic E-state index is 0.384. The molecule has 3 amide bonds. The number of benzene rings is 1. The molecule has 0 fully saturated rings. The summed E-state index contributed by atoms with van der Waals surface area (Å²) in [5.74, 6) is -0.384. The van der Waals surface area contributed by atoms with E-state index in [0.29, 0.717) is 12.1 Å². The highest BCUT2D eigenvalue weighted by Crippen LogP contribution is 2.29. The lowest BCUT2D eigenvalue weighted by Crippen LogP contribution is -2.47. The van der Waals surface area contributed by atoms with Gasteiger partial charge in [0.15, 0.2) is 0 Å². The number of aromatic nitrogens is 1. The molecule has 3 N–H and O–H groups in total. The smallest absolute Gasteiger partial charge is 0.333 e. The molecule has 26 heavy (non-hydrogen) atoms. The minimum atomic E-state index is -0.437. The number of hydrogen-bond donors (Lipinski definition) is 3. The molecule has 0 saturated carbocycles. The summed E-state index contributed by atoms with van der Waals surface area (Å²) in [6.07, 6.45) is 0.819. The van der Waals surface area contributed by atoms with E-state index in [1.54, 1.807) is 17.4 Å². The Kier molecular flexibility index (Phi) is 5.48. The maximum absolute atomic E-state index is 12.6. The van der Waals surface area contributed by atoms with Crippen LogP contribution in [0.3, 0.4) is 0 Å². The Labute approximate surface area is 155 Å². The number of hydrogen-bond acceptors (Lipinski definition) is 4. The van der Waals surface area contributed by atoms with E-state index in [1.165, 1.54) is 4.88 Å². The summed E-state index contributed by atoms with van der Waals surface area (Å²) in [6, 6.07) is 12.8. The first-order chi connectivity index (χ1) is 12.6. The van der Waals surface area contributed by atoms with Crippen LogP contribution in [0.1, 0.15) is 28.6 Å². The van der Waals surface area contributed by atoms with Gasteiger partial charge in [0.2, 0.25) is 0 Å². The van der Waals surface area contributed by atoms with Crippen molar-refractivity contribution in [1.82, 2.24) is 21.2 Å². The summed E-state index contributed by atoms with van der Waals surface area (Å²) < 4.78 is 0. The third-order valence-electron chi connectivity index (χ3n) is 3.78. The van der Waals surface area contributed by atoms with Gasteiger partial charge in [-0.1, -0.05) is 25.1 Å². The maximum Gasteiger partial charge on any atom is 0.333 e. The summed E-state index contributed by atoms with van der Waals surface area (Å²) in [7, 11) is 0. The highest BCUT2D eigenvalue weighted by atomic mass is 32.1. The Morgan fingerprint density at radius 3 is 2.65 bits per heavy atom. The summed E-state index contributed by atoms with van der Waals surface area (Å²) >= 11 is 1.62. The average Bonchev–Trinajstić information content (AvgIpc) is 3.09. The van der Waals surface area contributed by atoms with Crippen LogP contribution in [0.15, 0.2) is 42.5 Å². The van der Waals surface area contributed by atoms with Crippen molar-refractivity contribution < 1.29 is 9.59 Å². The van der Waals surface area contributed by atoms with Gasteiger partial charge in [0.25, 0.3) is 5.91 Å². The number of pyridine rings is 1. The van der Waals surface area contributed by atoms with Crippen LogP contribution >= 0.6 is 11.3 Å². The van der Waals surface area contributed by atoms with Gasteiger partial charge in [0.1, 0.15) is 0 Å². The fraction of sp³-hybridized carbons (Fsp3) is 0.211. The number of amides is 3. The Hall–Kier alpha value is -2.93. The third kappa shape index (κ3) is 4.00. The molecule has 0 spiro atoms. The number of nitrogens with one attached hydrogen (secondary N) is 3. The molecular weight excluding hydrogens is 348 g/mol. The second kappa shape index (κ2) is 7.97. The van der Waals surface area contributed by atoms with E-state index < -0.39 is 6.03 Å². The Balaban J connectivity index is 1.91. The molecule has 0 radical (unpaired) electrons. The van der Waals surface area contributed by atoms with Crippen molar-refractivity contribution in [2.75, 3.05) is 6.54 Å². The molecule has 0 saturated heterocycles. The van der Waals surface area contributed by atoms with Crippen molar-refractivity contribution in [3.05, 3.63) is 52.9 Å². The Morgan fingerprint density at radius 1 is 1.12 bits per heavy atom. The van der Waals surface area contributed by atoms with Crippen LogP contribution in [-0.4, -0.2) is 23.5 Å². The van der Waals surface area contributed by atoms with Crippen molar-refractivity contribution in [2.45, 2.75) is 20.3 Å². The molecule has 1 aromatic carbocycles. The van der Waals surface area contributed by atoms with Gasteiger partial charge in [-0.3, -0.25) is 10.2 Å². The third-order valence-corrected chi connectivity index (χ3v) is 4.80. The van der Waals surface area contributed by atoms with E-state index >= 15 is 0 Å². The molecule has 2 aromatic heterocycles. The largest absolute Gasteiger partial charge is 0.337 e. The van der Waals surface area contributed by atoms with Crippen LogP contribution < -0.4 is 16.2 Å². The van der Waals surface area contributed by atoms with Crippen LogP contribution in [0.5, 0.6) is 0 Å². The second-order valence-corrected chi connectivity index (χ2v) is 7.11. The Morgan fingerprint density at radius 2 is 1.92 bits per heavy atom. The topological polar surface area (TPSA) is 83.1 Å². The zero-order chi connectivity index (χ0) is 18.5. The summed E-state index contributed by atoms with van der Waals surface area (Å²) in [5, 5.41) is 3.37. The first kappa shape index (κ1) is 17.9. The molecule has 6 nitrogen and oxygen atoms in total. The predicted molar refractivity (Wildman–Crippen MR) is 104 cm³/mol. The number of carbonyl (C=O) groups excluding carboxylic acids is 2. The van der Waals surface area contributed by atoms with E-state index in [9.17, 15) is 9.59 Å². The molecular formula is C19H20N4O2S. The summed E-state index contributed by atoms with van der Waals surface area (Å²) in [4.78, 5) is 31.1. The second-order valence-electron chi connectivity index (χ2n) is 5.82. The van der Waals surface area contributed by atoms with Gasteiger partial charge in [-0.25, -0.2) is 15.2 Å². The van der Waals surface area contributed by atoms with Gasteiger partial charge in [-0.2, -0.15) is 0 Å². The molecule has 7 heteroatoms. The van der Waals surface area contributed by atoms with Gasteiger partial charge in [-0.05, 0) is 37.6 Å². The predicted octanol–water partition coefficient (Wildman–Crippen LogP) is 3.63. The minimum Gasteiger partial charge on any atom is -0.337 e. The molecule has 0 atom stereocenters. The van der Waals surface area contributed by atoms with Crippen LogP contribution in [0, 0.1) is 6.92 Å². The molecule has 3 rings (SSSR count). The SMILES string of the molecule is CCCNC(=O)NNC(=O)c1cc(-c2ccc(C)s2)nc2ccccc12. The lowest BCUT2D eigenvalue weighted by molar-refractivity contribution is 0.0938. The number of rotatable bonds is 4. The first-order valence-corrected chi connectivity index (χ1v) is 9.21. The fourth-order valence-corrected chi connectivity index (χ4v) is 3.35. The average molecular weight is 368 g/mol. The number of hydrazine groups is 1. The molecule has 0 aliphatic carbocycles. The number of carbonyl (C=O) groups is 2. The van der Waals surface area contributed by atoms with Gasteiger partial charge < -0.3 is 5.32 Å². The molecule has 2 heterocycles. The van der Waals surface area contributed by atoms with E-state index in [4.69, 9.17) is 0 Å². The van der Waals surface area contributed by atoms with Crippen molar-refractivity contribution in [3.8, 4) is 10.6 Å². The van der Waals surface area contributed by atoms with Crippen LogP contribution in [0.25, 0.3) is 21.5 Å². The number of fused-ring (bicyclic) bond motifs is 1. The highest BCUT2D eigenvalue weighted by Gasteiger charge is 2.15.